The third-order valence-electron chi connectivity index (χ3n) is 5.69. The lowest BCUT2D eigenvalue weighted by Crippen LogP contribution is -2.69. The van der Waals surface area contributed by atoms with Gasteiger partial charge in [-0.1, -0.05) is 34.1 Å². The molecule has 1 aliphatic rings. The highest BCUT2D eigenvalue weighted by atomic mass is 28.4. The second kappa shape index (κ2) is 6.39. The summed E-state index contributed by atoms with van der Waals surface area (Å²) in [5.41, 5.74) is 1.38. The van der Waals surface area contributed by atoms with Crippen LogP contribution in [0.2, 0.25) is 36.3 Å². The van der Waals surface area contributed by atoms with Crippen LogP contribution >= 0.6 is 0 Å². The molecule has 3 nitrogen and oxygen atoms in total. The molecule has 1 aliphatic heterocycles. The van der Waals surface area contributed by atoms with Crippen LogP contribution in [0.1, 0.15) is 34.1 Å². The average molecular weight is 308 g/mol. The number of hydrogen-bond acceptors (Lipinski definition) is 3. The Hall–Kier alpha value is -0.686. The Bertz CT molecular complexity index is 396. The largest absolute Gasteiger partial charge is 0.422 e. The molecular weight excluding hydrogens is 278 g/mol. The molecular formula is C15H29N3Si2. The van der Waals surface area contributed by atoms with Crippen molar-refractivity contribution in [1.82, 2.24) is 10.2 Å². The maximum atomic E-state index is 4.18. The first-order valence-corrected chi connectivity index (χ1v) is 13.4. The number of hydrogen-bond donors (Lipinski definition) is 0. The molecule has 0 spiro atoms. The van der Waals surface area contributed by atoms with Crippen molar-refractivity contribution in [3.63, 3.8) is 0 Å². The molecule has 1 aromatic heterocycles. The van der Waals surface area contributed by atoms with Gasteiger partial charge in [0.15, 0.2) is 0 Å². The Labute approximate surface area is 126 Å². The van der Waals surface area contributed by atoms with Crippen LogP contribution in [0.5, 0.6) is 0 Å². The number of nitrogens with zero attached hydrogens (tertiary/aromatic N) is 3. The molecule has 0 aromatic carbocycles. The van der Waals surface area contributed by atoms with Crippen molar-refractivity contribution in [2.75, 3.05) is 4.23 Å². The maximum Gasteiger partial charge on any atom is 0.147 e. The summed E-state index contributed by atoms with van der Waals surface area (Å²) in [6.07, 6.45) is 5.36. The van der Waals surface area contributed by atoms with E-state index in [1.807, 2.05) is 12.4 Å². The molecule has 0 unspecified atom stereocenters. The summed E-state index contributed by atoms with van der Waals surface area (Å²) in [5.74, 6) is 0. The van der Waals surface area contributed by atoms with E-state index < -0.39 is 16.5 Å². The van der Waals surface area contributed by atoms with Crippen molar-refractivity contribution >= 4 is 22.2 Å². The Morgan fingerprint density at radius 3 is 1.90 bits per heavy atom. The van der Waals surface area contributed by atoms with Crippen LogP contribution in [0.25, 0.3) is 0 Å². The highest BCUT2D eigenvalue weighted by Gasteiger charge is 2.50. The van der Waals surface area contributed by atoms with Crippen molar-refractivity contribution in [1.29, 1.82) is 0 Å². The fourth-order valence-corrected chi connectivity index (χ4v) is 18.4. The zero-order chi connectivity index (χ0) is 14.6. The molecule has 0 N–H and O–H groups in total. The summed E-state index contributed by atoms with van der Waals surface area (Å²) in [6, 6.07) is 10.6. The standard InChI is InChI=1S/C15H29N3Si2/c1-5-19(6-2)12-9-13-20(7-3,8-4)18(19)15-10-11-16-17-14-15/h10-11,14H,5-9,12-13H2,1-4H3. The summed E-state index contributed by atoms with van der Waals surface area (Å²) < 4.78 is 3.00. The molecule has 112 valence electrons. The number of rotatable bonds is 5. The normalized spacial score (nSPS) is 20.9. The lowest BCUT2D eigenvalue weighted by atomic mass is 10.5. The second-order valence-electron chi connectivity index (χ2n) is 6.15. The highest BCUT2D eigenvalue weighted by molar-refractivity contribution is 7.03. The third kappa shape index (κ3) is 2.46. The summed E-state index contributed by atoms with van der Waals surface area (Å²) in [6.45, 7) is 9.70. The van der Waals surface area contributed by atoms with Gasteiger partial charge in [-0.15, -0.1) is 0 Å². The van der Waals surface area contributed by atoms with Crippen LogP contribution in [0.4, 0.5) is 5.69 Å². The van der Waals surface area contributed by atoms with E-state index in [4.69, 9.17) is 0 Å². The highest BCUT2D eigenvalue weighted by Crippen LogP contribution is 2.45. The molecule has 5 heteroatoms. The molecule has 0 radical (unpaired) electrons. The van der Waals surface area contributed by atoms with E-state index in [1.54, 1.807) is 0 Å². The van der Waals surface area contributed by atoms with Crippen molar-refractivity contribution in [3.05, 3.63) is 18.5 Å². The van der Waals surface area contributed by atoms with Gasteiger partial charge in [0, 0.05) is 5.69 Å². The molecule has 0 aliphatic carbocycles. The van der Waals surface area contributed by atoms with Gasteiger partial charge >= 0.3 is 0 Å². The zero-order valence-corrected chi connectivity index (χ0v) is 15.5. The van der Waals surface area contributed by atoms with Gasteiger partial charge in [-0.25, -0.2) is 0 Å². The van der Waals surface area contributed by atoms with Gasteiger partial charge in [-0.3, -0.25) is 0 Å². The van der Waals surface area contributed by atoms with E-state index in [9.17, 15) is 0 Å². The topological polar surface area (TPSA) is 29.0 Å². The van der Waals surface area contributed by atoms with Crippen molar-refractivity contribution in [2.45, 2.75) is 70.4 Å². The van der Waals surface area contributed by atoms with Crippen LogP contribution < -0.4 is 4.23 Å². The minimum Gasteiger partial charge on any atom is -0.422 e. The predicted octanol–water partition coefficient (Wildman–Crippen LogP) is 4.66. The molecule has 2 rings (SSSR count). The van der Waals surface area contributed by atoms with Crippen LogP contribution in [-0.4, -0.2) is 26.7 Å². The van der Waals surface area contributed by atoms with Gasteiger partial charge in [0.05, 0.1) is 12.4 Å². The van der Waals surface area contributed by atoms with Crippen molar-refractivity contribution < 1.29 is 0 Å². The third-order valence-corrected chi connectivity index (χ3v) is 18.8. The predicted molar refractivity (Wildman–Crippen MR) is 92.2 cm³/mol. The molecule has 1 fully saturated rings. The van der Waals surface area contributed by atoms with Gasteiger partial charge in [0.2, 0.25) is 0 Å². The molecule has 0 saturated carbocycles. The van der Waals surface area contributed by atoms with Crippen molar-refractivity contribution in [2.24, 2.45) is 0 Å². The fraction of sp³-hybridized carbons (Fsp3) is 0.733. The van der Waals surface area contributed by atoms with E-state index in [2.05, 4.69) is 48.2 Å². The number of aromatic nitrogens is 2. The minimum absolute atomic E-state index is 1.35. The quantitative estimate of drug-likeness (QED) is 0.741. The molecule has 1 saturated heterocycles. The molecule has 0 atom stereocenters. The van der Waals surface area contributed by atoms with E-state index in [0.717, 1.165) is 0 Å². The van der Waals surface area contributed by atoms with Crippen LogP contribution in [0, 0.1) is 0 Å². The zero-order valence-electron chi connectivity index (χ0n) is 13.5. The Morgan fingerprint density at radius 1 is 0.950 bits per heavy atom. The monoisotopic (exact) mass is 307 g/mol. The lowest BCUT2D eigenvalue weighted by Gasteiger charge is -2.57. The van der Waals surface area contributed by atoms with E-state index in [0.29, 0.717) is 0 Å². The molecule has 1 aromatic rings. The van der Waals surface area contributed by atoms with Gasteiger partial charge in [0.1, 0.15) is 16.5 Å². The lowest BCUT2D eigenvalue weighted by molar-refractivity contribution is 0.896. The first kappa shape index (κ1) is 15.7. The average Bonchev–Trinajstić information content (AvgIpc) is 2.54. The molecule has 20 heavy (non-hydrogen) atoms. The van der Waals surface area contributed by atoms with Gasteiger partial charge in [0.25, 0.3) is 0 Å². The first-order valence-electron chi connectivity index (χ1n) is 8.25. The van der Waals surface area contributed by atoms with Gasteiger partial charge < -0.3 is 4.23 Å². The summed E-state index contributed by atoms with van der Waals surface area (Å²) in [7, 11) is -2.70. The smallest absolute Gasteiger partial charge is 0.147 e. The SMILES string of the molecule is CC[Si]1(CC)CCC[Si](CC)(CC)N1c1ccnnc1. The van der Waals surface area contributed by atoms with Crippen LogP contribution in [-0.2, 0) is 0 Å². The Morgan fingerprint density at radius 2 is 1.50 bits per heavy atom. The molecule has 0 amide bonds. The summed E-state index contributed by atoms with van der Waals surface area (Å²) in [5, 5.41) is 8.17. The van der Waals surface area contributed by atoms with E-state index in [1.165, 1.54) is 48.4 Å². The maximum absolute atomic E-state index is 4.18. The summed E-state index contributed by atoms with van der Waals surface area (Å²) >= 11 is 0. The van der Waals surface area contributed by atoms with E-state index >= 15 is 0 Å². The van der Waals surface area contributed by atoms with E-state index in [-0.39, 0.29) is 0 Å². The molecule has 0 bridgehead atoms. The van der Waals surface area contributed by atoms with Gasteiger partial charge in [-0.05, 0) is 42.3 Å². The fourth-order valence-electron chi connectivity index (χ4n) is 4.28. The molecule has 2 heterocycles. The minimum atomic E-state index is -1.35. The Kier molecular flexibility index (Phi) is 5.01. The van der Waals surface area contributed by atoms with Crippen LogP contribution in [0.15, 0.2) is 18.5 Å². The Balaban J connectivity index is 2.54. The first-order chi connectivity index (χ1) is 9.68. The summed E-state index contributed by atoms with van der Waals surface area (Å²) in [4.78, 5) is 0. The van der Waals surface area contributed by atoms with Crippen LogP contribution in [0.3, 0.4) is 0 Å². The number of anilines is 1. The van der Waals surface area contributed by atoms with Gasteiger partial charge in [-0.2, -0.15) is 10.2 Å². The van der Waals surface area contributed by atoms with Crippen molar-refractivity contribution in [3.8, 4) is 0 Å². The second-order valence-corrected chi connectivity index (χ2v) is 16.2.